The largest absolute Gasteiger partial charge is 0.399 e. The molecule has 0 fully saturated rings. The van der Waals surface area contributed by atoms with Crippen LogP contribution in [-0.4, -0.2) is 37.5 Å². The highest BCUT2D eigenvalue weighted by Gasteiger charge is 2.15. The lowest BCUT2D eigenvalue weighted by Crippen LogP contribution is -2.39. The number of amides is 1. The zero-order chi connectivity index (χ0) is 13.7. The predicted molar refractivity (Wildman–Crippen MR) is 72.0 cm³/mol. The summed E-state index contributed by atoms with van der Waals surface area (Å²) in [5, 5.41) is 0. The van der Waals surface area contributed by atoms with E-state index in [2.05, 4.69) is 0 Å². The van der Waals surface area contributed by atoms with Crippen molar-refractivity contribution in [3.63, 3.8) is 0 Å². The van der Waals surface area contributed by atoms with Crippen molar-refractivity contribution in [3.8, 4) is 0 Å². The molecular weight excluding hydrogens is 233 g/mol. The van der Waals surface area contributed by atoms with Crippen LogP contribution in [0.4, 0.5) is 15.8 Å². The van der Waals surface area contributed by atoms with Gasteiger partial charge >= 0.3 is 0 Å². The minimum absolute atomic E-state index is 0.0151. The predicted octanol–water partition coefficient (Wildman–Crippen LogP) is 1.71. The summed E-state index contributed by atoms with van der Waals surface area (Å²) < 4.78 is 13.7. The monoisotopic (exact) mass is 253 g/mol. The van der Waals surface area contributed by atoms with Gasteiger partial charge in [0, 0.05) is 25.8 Å². The number of hydrogen-bond donors (Lipinski definition) is 1. The second kappa shape index (κ2) is 6.23. The van der Waals surface area contributed by atoms with Gasteiger partial charge in [0.05, 0.1) is 12.2 Å². The molecule has 0 saturated carbocycles. The van der Waals surface area contributed by atoms with E-state index in [1.165, 1.54) is 6.07 Å². The molecule has 0 aliphatic carbocycles. The second-order valence-electron chi connectivity index (χ2n) is 4.13. The van der Waals surface area contributed by atoms with Crippen molar-refractivity contribution in [2.45, 2.75) is 13.8 Å². The summed E-state index contributed by atoms with van der Waals surface area (Å²) in [5.74, 6) is -0.427. The Morgan fingerprint density at radius 2 is 1.94 bits per heavy atom. The van der Waals surface area contributed by atoms with Crippen molar-refractivity contribution in [2.75, 3.05) is 37.3 Å². The quantitative estimate of drug-likeness (QED) is 0.813. The highest BCUT2D eigenvalue weighted by molar-refractivity contribution is 5.81. The first-order chi connectivity index (χ1) is 8.49. The van der Waals surface area contributed by atoms with Crippen molar-refractivity contribution in [2.24, 2.45) is 0 Å². The lowest BCUT2D eigenvalue weighted by Gasteiger charge is -2.24. The van der Waals surface area contributed by atoms with Crippen LogP contribution < -0.4 is 10.6 Å². The summed E-state index contributed by atoms with van der Waals surface area (Å²) in [5.41, 5.74) is 6.24. The number of likely N-dealkylation sites (N-methyl/N-ethyl adjacent to an activating group) is 2. The van der Waals surface area contributed by atoms with Crippen LogP contribution in [0.1, 0.15) is 13.8 Å². The fourth-order valence-electron chi connectivity index (χ4n) is 1.80. The SMILES string of the molecule is CCN(CC)C(=O)CN(C)c1ccc(N)cc1F. The van der Waals surface area contributed by atoms with Crippen molar-refractivity contribution in [1.82, 2.24) is 4.90 Å². The average molecular weight is 253 g/mol. The number of nitrogens with two attached hydrogens (primary N) is 1. The maximum atomic E-state index is 13.7. The van der Waals surface area contributed by atoms with Gasteiger partial charge in [0.25, 0.3) is 0 Å². The Hall–Kier alpha value is -1.78. The van der Waals surface area contributed by atoms with E-state index < -0.39 is 5.82 Å². The molecule has 0 aromatic heterocycles. The first-order valence-electron chi connectivity index (χ1n) is 6.03. The first-order valence-corrected chi connectivity index (χ1v) is 6.03. The Balaban J connectivity index is 2.76. The van der Waals surface area contributed by atoms with Crippen molar-refractivity contribution in [1.29, 1.82) is 0 Å². The van der Waals surface area contributed by atoms with E-state index in [-0.39, 0.29) is 12.5 Å². The molecule has 0 atom stereocenters. The number of benzene rings is 1. The van der Waals surface area contributed by atoms with Crippen LogP contribution >= 0.6 is 0 Å². The summed E-state index contributed by atoms with van der Waals surface area (Å²) >= 11 is 0. The van der Waals surface area contributed by atoms with Gasteiger partial charge in [-0.15, -0.1) is 0 Å². The van der Waals surface area contributed by atoms with Crippen LogP contribution in [0, 0.1) is 5.82 Å². The molecule has 0 saturated heterocycles. The maximum Gasteiger partial charge on any atom is 0.242 e. The summed E-state index contributed by atoms with van der Waals surface area (Å²) in [4.78, 5) is 15.2. The highest BCUT2D eigenvalue weighted by Crippen LogP contribution is 2.20. The first kappa shape index (κ1) is 14.3. The normalized spacial score (nSPS) is 10.2. The summed E-state index contributed by atoms with van der Waals surface area (Å²) in [6.45, 7) is 5.32. The Morgan fingerprint density at radius 1 is 1.33 bits per heavy atom. The number of rotatable bonds is 5. The van der Waals surface area contributed by atoms with Gasteiger partial charge in [-0.05, 0) is 32.0 Å². The van der Waals surface area contributed by atoms with E-state index in [1.807, 2.05) is 13.8 Å². The van der Waals surface area contributed by atoms with Crippen molar-refractivity contribution >= 4 is 17.3 Å². The standard InChI is InChI=1S/C13H20FN3O/c1-4-17(5-2)13(18)9-16(3)12-7-6-10(15)8-11(12)14/h6-8H,4-5,9,15H2,1-3H3. The fourth-order valence-corrected chi connectivity index (χ4v) is 1.80. The zero-order valence-corrected chi connectivity index (χ0v) is 11.1. The third-order valence-corrected chi connectivity index (χ3v) is 2.87. The van der Waals surface area contributed by atoms with Gasteiger partial charge in [-0.25, -0.2) is 4.39 Å². The van der Waals surface area contributed by atoms with E-state index in [4.69, 9.17) is 5.73 Å². The molecule has 2 N–H and O–H groups in total. The smallest absolute Gasteiger partial charge is 0.242 e. The van der Waals surface area contributed by atoms with Gasteiger partial charge in [0.2, 0.25) is 5.91 Å². The number of hydrogen-bond acceptors (Lipinski definition) is 3. The van der Waals surface area contributed by atoms with Crippen LogP contribution in [0.25, 0.3) is 0 Å². The molecule has 1 aromatic carbocycles. The topological polar surface area (TPSA) is 49.6 Å². The molecule has 4 nitrogen and oxygen atoms in total. The van der Waals surface area contributed by atoms with E-state index in [1.54, 1.807) is 29.0 Å². The van der Waals surface area contributed by atoms with Gasteiger partial charge in [-0.3, -0.25) is 4.79 Å². The molecule has 18 heavy (non-hydrogen) atoms. The minimum Gasteiger partial charge on any atom is -0.399 e. The zero-order valence-electron chi connectivity index (χ0n) is 11.1. The van der Waals surface area contributed by atoms with Crippen LogP contribution in [0.2, 0.25) is 0 Å². The van der Waals surface area contributed by atoms with Gasteiger partial charge in [-0.2, -0.15) is 0 Å². The molecule has 0 bridgehead atoms. The molecule has 0 aliphatic rings. The number of halogens is 1. The molecule has 1 aromatic rings. The number of nitrogens with zero attached hydrogens (tertiary/aromatic N) is 2. The molecule has 0 radical (unpaired) electrons. The molecule has 1 rings (SSSR count). The van der Waals surface area contributed by atoms with Crippen molar-refractivity contribution in [3.05, 3.63) is 24.0 Å². The number of nitrogen functional groups attached to an aromatic ring is 1. The Bertz CT molecular complexity index is 419. The van der Waals surface area contributed by atoms with E-state index in [0.717, 1.165) is 0 Å². The molecule has 0 aliphatic heterocycles. The fraction of sp³-hybridized carbons (Fsp3) is 0.462. The van der Waals surface area contributed by atoms with Crippen LogP contribution in [0.5, 0.6) is 0 Å². The number of carbonyl (C=O) groups excluding carboxylic acids is 1. The van der Waals surface area contributed by atoms with E-state index in [9.17, 15) is 9.18 Å². The molecule has 0 unspecified atom stereocenters. The summed E-state index contributed by atoms with van der Waals surface area (Å²) in [7, 11) is 1.69. The number of carbonyl (C=O) groups is 1. The van der Waals surface area contributed by atoms with E-state index in [0.29, 0.717) is 24.5 Å². The summed E-state index contributed by atoms with van der Waals surface area (Å²) in [6, 6.07) is 4.46. The van der Waals surface area contributed by atoms with Gasteiger partial charge in [0.15, 0.2) is 0 Å². The molecule has 0 spiro atoms. The minimum atomic E-state index is -0.412. The molecular formula is C13H20FN3O. The third kappa shape index (κ3) is 3.35. The van der Waals surface area contributed by atoms with Gasteiger partial charge in [0.1, 0.15) is 5.82 Å². The Labute approximate surface area is 107 Å². The Kier molecular flexibility index (Phi) is 4.95. The van der Waals surface area contributed by atoms with Gasteiger partial charge in [-0.1, -0.05) is 0 Å². The Morgan fingerprint density at radius 3 is 2.44 bits per heavy atom. The number of anilines is 2. The molecule has 5 heteroatoms. The molecule has 100 valence electrons. The molecule has 1 amide bonds. The maximum absolute atomic E-state index is 13.7. The third-order valence-electron chi connectivity index (χ3n) is 2.87. The second-order valence-corrected chi connectivity index (χ2v) is 4.13. The van der Waals surface area contributed by atoms with E-state index >= 15 is 0 Å². The highest BCUT2D eigenvalue weighted by atomic mass is 19.1. The van der Waals surface area contributed by atoms with Crippen molar-refractivity contribution < 1.29 is 9.18 Å². The lowest BCUT2D eigenvalue weighted by atomic mass is 10.2. The lowest BCUT2D eigenvalue weighted by molar-refractivity contribution is -0.129. The van der Waals surface area contributed by atoms with Gasteiger partial charge < -0.3 is 15.5 Å². The average Bonchev–Trinajstić information content (AvgIpc) is 2.30. The molecule has 0 heterocycles. The summed E-state index contributed by atoms with van der Waals surface area (Å²) in [6.07, 6.45) is 0. The van der Waals surface area contributed by atoms with Crippen LogP contribution in [0.15, 0.2) is 18.2 Å². The van der Waals surface area contributed by atoms with Crippen LogP contribution in [0.3, 0.4) is 0 Å². The van der Waals surface area contributed by atoms with Crippen LogP contribution in [-0.2, 0) is 4.79 Å².